The SMILES string of the molecule is C=C[C@H]1C[C@@]1(NC(=O)[C@@H]1C[C@@H](Oc2cccc3ccccc23)CN1B(C)O)C(=O)OCC.C=C[C@H]1C[C@@]1(NC(=O)[C@@H]1C[C@@H](Oc2cccc3ccccc23)CN1C(=O)[C@@H](NC(=O)OC(C)(C)C)C(C)(C)C)C(=O)O.C=C[C@H]1C[C@@]1(NC(=O)[C@@H]1C[C@@H](Oc2cccc3ccccc23)CN1C(=O)[C@@H](NC(=O)OC(C)(C)C)C(C)(C)C)C(=O)OCC. The number of esters is 2. The number of hydrogen-bond donors (Lipinski definition) is 7. The standard InChI is InChI=1S/C34H45N3O7.C32H41N3O7.C24H29BN2O5/c1-9-22-19-34(22,30(40)42-10-2)36-28(38)25-18-23(43-26-17-13-15-21-14-11-12-16-24(21)26)20-37(25)29(39)27(32(3,4)5)35-31(41)44-33(6,7)8;1-8-20-17-32(20,28(38)39)34-26(36)23-16-21(41-24-15-11-13-19-12-9-10-14-22(19)24)18-35(23)27(37)25(30(2,3)4)33-29(40)42-31(5,6)7;1-4-17-14-24(17,23(29)31-5-2)26-22(28)20-13-18(15-27(20)25(3)30)32-21-12-8-10-16-9-6-7-11-19(16)21/h9,11-17,22-23,25,27H,1,10,18-20H2,2-8H3,(H,35,41)(H,36,38);8-15,20-21,23,25H,1,16-18H2,2-7H3,(H,33,40)(H,34,36)(H,38,39);4,6-12,17-18,20,30H,1,5,13-15H2,2-3H3,(H,26,28)/t22-,23+,25-,27+,34-;20-,21+,23-,25+,32-;17-,18+,20-,24-/m000/s1. The molecule has 0 aromatic heterocycles. The minimum Gasteiger partial charge on any atom is -0.488 e. The van der Waals surface area contributed by atoms with E-state index in [1.807, 2.05) is 148 Å². The van der Waals surface area contributed by atoms with Crippen molar-refractivity contribution in [1.29, 1.82) is 0 Å². The zero-order chi connectivity index (χ0) is 86.4. The molecule has 0 bridgehead atoms. The van der Waals surface area contributed by atoms with Crippen molar-refractivity contribution < 1.29 is 91.2 Å². The van der Waals surface area contributed by atoms with Crippen molar-refractivity contribution in [2.24, 2.45) is 28.6 Å². The summed E-state index contributed by atoms with van der Waals surface area (Å²) in [4.78, 5) is 137. The van der Waals surface area contributed by atoms with Crippen LogP contribution in [-0.4, -0.2) is 201 Å². The number of amides is 7. The summed E-state index contributed by atoms with van der Waals surface area (Å²) in [7, 11) is -0.834. The molecule has 28 heteroatoms. The number of ether oxygens (including phenoxy) is 7. The largest absolute Gasteiger partial charge is 0.488 e. The van der Waals surface area contributed by atoms with Gasteiger partial charge in [-0.2, -0.15) is 0 Å². The maximum atomic E-state index is 14.3. The van der Waals surface area contributed by atoms with E-state index in [1.54, 1.807) is 99.9 Å². The van der Waals surface area contributed by atoms with Crippen LogP contribution in [0.2, 0.25) is 6.82 Å². The van der Waals surface area contributed by atoms with E-state index >= 15 is 0 Å². The molecule has 12 rings (SSSR count). The van der Waals surface area contributed by atoms with Gasteiger partial charge in [0.2, 0.25) is 29.5 Å². The third-order valence-electron chi connectivity index (χ3n) is 22.1. The molecule has 0 unspecified atom stereocenters. The molecule has 3 aliphatic heterocycles. The van der Waals surface area contributed by atoms with E-state index in [-0.39, 0.29) is 69.4 Å². The number of nitrogens with zero attached hydrogens (tertiary/aromatic N) is 3. The Kier molecular flexibility index (Phi) is 27.3. The van der Waals surface area contributed by atoms with E-state index in [1.165, 1.54) is 15.9 Å². The third-order valence-corrected chi connectivity index (χ3v) is 22.1. The van der Waals surface area contributed by atoms with Gasteiger partial charge in [-0.1, -0.05) is 169 Å². The number of carboxylic acids is 1. The molecule has 3 saturated carbocycles. The molecule has 0 radical (unpaired) electrons. The normalized spacial score (nSPS) is 24.9. The number of likely N-dealkylation sites (tertiary alicyclic amines) is 2. The van der Waals surface area contributed by atoms with Crippen LogP contribution < -0.4 is 40.8 Å². The van der Waals surface area contributed by atoms with Gasteiger partial charge in [0.15, 0.2) is 0 Å². The van der Waals surface area contributed by atoms with Crippen LogP contribution in [0.5, 0.6) is 17.2 Å². The Labute approximate surface area is 690 Å². The lowest BCUT2D eigenvalue weighted by molar-refractivity contribution is -0.150. The molecule has 6 aromatic rings. The molecule has 6 aliphatic rings. The maximum absolute atomic E-state index is 14.3. The summed E-state index contributed by atoms with van der Waals surface area (Å²) in [5.41, 5.74) is -6.75. The predicted molar refractivity (Wildman–Crippen MR) is 448 cm³/mol. The zero-order valence-corrected chi connectivity index (χ0v) is 70.4. The number of alkyl carbamates (subject to hydrolysis) is 2. The van der Waals surface area contributed by atoms with Crippen molar-refractivity contribution in [2.75, 3.05) is 32.8 Å². The highest BCUT2D eigenvalue weighted by atomic mass is 16.6. The van der Waals surface area contributed by atoms with E-state index in [0.29, 0.717) is 37.3 Å². The monoisotopic (exact) mass is 1620 g/mol. The number of hydrogen-bond acceptors (Lipinski definition) is 19. The summed E-state index contributed by atoms with van der Waals surface area (Å²) in [5, 5.41) is 40.0. The first-order valence-corrected chi connectivity index (χ1v) is 40.4. The Morgan fingerprint density at radius 1 is 0.466 bits per heavy atom. The van der Waals surface area contributed by atoms with Crippen LogP contribution in [0.15, 0.2) is 165 Å². The molecule has 27 nitrogen and oxygen atoms in total. The molecule has 6 fully saturated rings. The second-order valence-electron chi connectivity index (χ2n) is 35.4. The molecule has 3 aliphatic carbocycles. The molecule has 3 saturated heterocycles. The summed E-state index contributed by atoms with van der Waals surface area (Å²) in [6.07, 6.45) is 3.73. The highest BCUT2D eigenvalue weighted by molar-refractivity contribution is 6.46. The second-order valence-corrected chi connectivity index (χ2v) is 35.4. The van der Waals surface area contributed by atoms with Gasteiger partial charge in [-0.3, -0.25) is 24.0 Å². The Morgan fingerprint density at radius 2 is 0.771 bits per heavy atom. The topological polar surface area (TPSA) is 346 Å². The summed E-state index contributed by atoms with van der Waals surface area (Å²) in [5.74, 6) is -3.32. The Morgan fingerprint density at radius 3 is 1.08 bits per heavy atom. The van der Waals surface area contributed by atoms with Crippen LogP contribution in [0.3, 0.4) is 0 Å². The molecule has 118 heavy (non-hydrogen) atoms. The summed E-state index contributed by atoms with van der Waals surface area (Å²) in [6, 6.07) is 36.2. The van der Waals surface area contributed by atoms with Gasteiger partial charge in [-0.15, -0.1) is 19.7 Å². The van der Waals surface area contributed by atoms with Crippen molar-refractivity contribution in [3.63, 3.8) is 0 Å². The lowest BCUT2D eigenvalue weighted by Crippen LogP contribution is -2.59. The molecule has 14 atom stereocenters. The fourth-order valence-electron chi connectivity index (χ4n) is 15.7. The smallest absolute Gasteiger partial charge is 0.408 e. The quantitative estimate of drug-likeness (QED) is 0.0121. The fraction of sp³-hybridized carbons (Fsp3) is 0.489. The van der Waals surface area contributed by atoms with Gasteiger partial charge in [0, 0.05) is 59.7 Å². The zero-order valence-electron chi connectivity index (χ0n) is 70.4. The van der Waals surface area contributed by atoms with Crippen molar-refractivity contribution in [2.45, 2.75) is 219 Å². The van der Waals surface area contributed by atoms with Gasteiger partial charge in [0.25, 0.3) is 0 Å². The number of carboxylic acid groups (broad SMARTS) is 1. The van der Waals surface area contributed by atoms with Crippen LogP contribution in [0.25, 0.3) is 32.3 Å². The molecular weight excluding hydrogens is 1510 g/mol. The van der Waals surface area contributed by atoms with Gasteiger partial charge in [0.1, 0.15) is 87.5 Å². The van der Waals surface area contributed by atoms with E-state index in [0.717, 1.165) is 38.1 Å². The molecule has 632 valence electrons. The molecule has 7 amide bonds. The number of aliphatic carboxylic acids is 1. The Bertz CT molecular complexity index is 4760. The van der Waals surface area contributed by atoms with Crippen LogP contribution in [0, 0.1) is 28.6 Å². The van der Waals surface area contributed by atoms with Gasteiger partial charge in [-0.05, 0) is 127 Å². The predicted octanol–water partition coefficient (Wildman–Crippen LogP) is 11.4. The van der Waals surface area contributed by atoms with E-state index in [9.17, 15) is 58.1 Å². The van der Waals surface area contributed by atoms with Crippen molar-refractivity contribution in [3.8, 4) is 17.2 Å². The summed E-state index contributed by atoms with van der Waals surface area (Å²) in [6.45, 7) is 38.6. The number of carbonyl (C=O) groups excluding carboxylic acids is 9. The molecule has 6 aromatic carbocycles. The first kappa shape index (κ1) is 89.4. The lowest BCUT2D eigenvalue weighted by atomic mass is 9.84. The average molecular weight is 1620 g/mol. The van der Waals surface area contributed by atoms with Crippen molar-refractivity contribution in [3.05, 3.63) is 165 Å². The van der Waals surface area contributed by atoms with Crippen LogP contribution in [-0.2, 0) is 57.3 Å². The molecule has 3 heterocycles. The molecule has 0 spiro atoms. The van der Waals surface area contributed by atoms with Crippen LogP contribution in [0.1, 0.15) is 135 Å². The Hall–Kier alpha value is -11.0. The highest BCUT2D eigenvalue weighted by Crippen LogP contribution is 2.48. The first-order chi connectivity index (χ1) is 55.5. The number of nitrogens with one attached hydrogen (secondary N) is 5. The molecular formula is C90H115BN8O19. The lowest BCUT2D eigenvalue weighted by Gasteiger charge is -2.36. The minimum atomic E-state index is -1.46. The average Bonchev–Trinajstić information content (AvgIpc) is 1.67. The van der Waals surface area contributed by atoms with Gasteiger partial charge >= 0.3 is 37.1 Å². The summed E-state index contributed by atoms with van der Waals surface area (Å²) >= 11 is 0. The third kappa shape index (κ3) is 20.7. The maximum Gasteiger partial charge on any atom is 0.408 e. The first-order valence-electron chi connectivity index (χ1n) is 40.4. The van der Waals surface area contributed by atoms with Gasteiger partial charge in [-0.25, -0.2) is 24.0 Å². The van der Waals surface area contributed by atoms with E-state index < -0.39 is 148 Å². The number of benzene rings is 6. The second kappa shape index (κ2) is 36.1. The van der Waals surface area contributed by atoms with Gasteiger partial charge < -0.3 is 84.5 Å². The van der Waals surface area contributed by atoms with Crippen molar-refractivity contribution in [1.82, 2.24) is 41.2 Å². The van der Waals surface area contributed by atoms with E-state index in [4.69, 9.17) is 33.2 Å². The van der Waals surface area contributed by atoms with E-state index in [2.05, 4.69) is 46.3 Å². The number of carbonyl (C=O) groups is 10. The van der Waals surface area contributed by atoms with Crippen LogP contribution >= 0.6 is 0 Å². The number of fused-ring (bicyclic) bond motifs is 3. The Balaban J connectivity index is 0.000000189. The fourth-order valence-corrected chi connectivity index (χ4v) is 15.7. The van der Waals surface area contributed by atoms with Gasteiger partial charge in [0.05, 0.1) is 32.3 Å². The molecule has 7 N–H and O–H groups in total. The number of rotatable bonds is 25. The minimum absolute atomic E-state index is 0.0632. The van der Waals surface area contributed by atoms with Crippen LogP contribution in [0.4, 0.5) is 9.59 Å². The highest BCUT2D eigenvalue weighted by Gasteiger charge is 2.65. The summed E-state index contributed by atoms with van der Waals surface area (Å²) < 4.78 is 40.4. The van der Waals surface area contributed by atoms with Crippen molar-refractivity contribution >= 4 is 99.0 Å².